The summed E-state index contributed by atoms with van der Waals surface area (Å²) in [6.45, 7) is 4.96. The average molecular weight is 721 g/mol. The quantitative estimate of drug-likeness (QED) is 0.0652. The second kappa shape index (κ2) is 16.6. The molecule has 1 aliphatic carbocycles. The average Bonchev–Trinajstić information content (AvgIpc) is 3.92. The van der Waals surface area contributed by atoms with Gasteiger partial charge >= 0.3 is 19.5 Å². The summed E-state index contributed by atoms with van der Waals surface area (Å²) in [5.74, 6) is -1.41. The largest absolute Gasteiger partial charge is 0.481 e. The van der Waals surface area contributed by atoms with Crippen molar-refractivity contribution in [3.05, 3.63) is 95.9 Å². The SMILES string of the molecule is CC(C)OC(=O)[C@H](C)NP(=O)(COc1ccc2nc(C3CC3)c(C=C[C@@H](O)C[C@@H](O)CC(=O)O)c(-c3ccc(F)cc3)c2c1)Oc1ccccc1. The van der Waals surface area contributed by atoms with Crippen LogP contribution >= 0.6 is 7.52 Å². The Hall–Kier alpha value is -4.61. The highest BCUT2D eigenvalue weighted by Crippen LogP contribution is 2.47. The van der Waals surface area contributed by atoms with E-state index in [-0.39, 0.29) is 18.4 Å². The molecule has 0 bridgehead atoms. The lowest BCUT2D eigenvalue weighted by molar-refractivity contribution is -0.149. The van der Waals surface area contributed by atoms with Gasteiger partial charge in [-0.05, 0) is 81.6 Å². The minimum atomic E-state index is -3.89. The smallest absolute Gasteiger partial charge is 0.354 e. The number of halogens is 1. The molecule has 1 aromatic heterocycles. The van der Waals surface area contributed by atoms with Crippen molar-refractivity contribution < 1.29 is 47.9 Å². The van der Waals surface area contributed by atoms with Gasteiger partial charge in [0.25, 0.3) is 0 Å². The molecule has 13 heteroatoms. The third kappa shape index (κ3) is 10.5. The summed E-state index contributed by atoms with van der Waals surface area (Å²) in [7, 11) is -3.89. The maximum Gasteiger partial charge on any atom is 0.354 e. The molecule has 1 fully saturated rings. The van der Waals surface area contributed by atoms with Crippen LogP contribution in [-0.2, 0) is 18.9 Å². The lowest BCUT2D eigenvalue weighted by Crippen LogP contribution is -2.36. The van der Waals surface area contributed by atoms with Crippen LogP contribution in [0.15, 0.2) is 78.9 Å². The number of carboxylic acids is 1. The van der Waals surface area contributed by atoms with Crippen molar-refractivity contribution in [2.24, 2.45) is 0 Å². The number of aliphatic carboxylic acids is 1. The Balaban J connectivity index is 1.52. The van der Waals surface area contributed by atoms with Gasteiger partial charge in [-0.15, -0.1) is 0 Å². The lowest BCUT2D eigenvalue weighted by atomic mass is 9.92. The Labute approximate surface area is 295 Å². The Morgan fingerprint density at radius 1 is 1.02 bits per heavy atom. The predicted octanol–water partition coefficient (Wildman–Crippen LogP) is 7.06. The zero-order valence-electron chi connectivity index (χ0n) is 28.6. The Morgan fingerprint density at radius 3 is 2.37 bits per heavy atom. The number of aromatic nitrogens is 1. The molecule has 0 saturated heterocycles. The number of pyridine rings is 1. The summed E-state index contributed by atoms with van der Waals surface area (Å²) >= 11 is 0. The third-order valence-corrected chi connectivity index (χ3v) is 9.78. The van der Waals surface area contributed by atoms with Gasteiger partial charge in [0, 0.05) is 28.9 Å². The first-order valence-electron chi connectivity index (χ1n) is 16.7. The van der Waals surface area contributed by atoms with Crippen molar-refractivity contribution in [1.29, 1.82) is 0 Å². The summed E-state index contributed by atoms with van der Waals surface area (Å²) < 4.78 is 45.6. The second-order valence-electron chi connectivity index (χ2n) is 12.8. The lowest BCUT2D eigenvalue weighted by Gasteiger charge is -2.24. The van der Waals surface area contributed by atoms with Crippen molar-refractivity contribution in [3.8, 4) is 22.6 Å². The van der Waals surface area contributed by atoms with Crippen molar-refractivity contribution in [2.45, 2.75) is 76.7 Å². The van der Waals surface area contributed by atoms with E-state index >= 15 is 0 Å². The van der Waals surface area contributed by atoms with Gasteiger partial charge in [0.15, 0.2) is 6.35 Å². The van der Waals surface area contributed by atoms with Gasteiger partial charge in [-0.3, -0.25) is 19.1 Å². The van der Waals surface area contributed by atoms with E-state index in [1.165, 1.54) is 25.1 Å². The van der Waals surface area contributed by atoms with Crippen LogP contribution in [0.1, 0.15) is 63.6 Å². The number of rotatable bonds is 17. The Kier molecular flexibility index (Phi) is 12.3. The first-order chi connectivity index (χ1) is 24.3. The van der Waals surface area contributed by atoms with E-state index < -0.39 is 56.3 Å². The number of esters is 1. The fourth-order valence-electron chi connectivity index (χ4n) is 5.56. The maximum absolute atomic E-state index is 14.2. The normalized spacial score (nSPS) is 16.1. The number of fused-ring (bicyclic) bond motifs is 1. The zero-order chi connectivity index (χ0) is 36.7. The molecule has 0 spiro atoms. The van der Waals surface area contributed by atoms with Crippen molar-refractivity contribution in [1.82, 2.24) is 10.1 Å². The van der Waals surface area contributed by atoms with Gasteiger partial charge in [-0.1, -0.05) is 42.5 Å². The van der Waals surface area contributed by atoms with Crippen LogP contribution in [0.4, 0.5) is 4.39 Å². The number of nitrogens with zero attached hydrogens (tertiary/aromatic N) is 1. The Morgan fingerprint density at radius 2 is 1.73 bits per heavy atom. The molecule has 4 atom stereocenters. The van der Waals surface area contributed by atoms with E-state index in [0.717, 1.165) is 18.5 Å². The molecule has 0 amide bonds. The molecular weight excluding hydrogens is 678 g/mol. The fraction of sp³-hybridized carbons (Fsp3) is 0.342. The number of carboxylic acid groups (broad SMARTS) is 1. The monoisotopic (exact) mass is 720 g/mol. The minimum absolute atomic E-state index is 0.162. The molecule has 4 N–H and O–H groups in total. The summed E-state index contributed by atoms with van der Waals surface area (Å²) in [4.78, 5) is 28.6. The minimum Gasteiger partial charge on any atom is -0.481 e. The summed E-state index contributed by atoms with van der Waals surface area (Å²) in [6, 6.07) is 18.7. The van der Waals surface area contributed by atoms with Gasteiger partial charge in [-0.25, -0.2) is 9.48 Å². The molecule has 51 heavy (non-hydrogen) atoms. The van der Waals surface area contributed by atoms with Crippen LogP contribution in [0.2, 0.25) is 0 Å². The molecular formula is C38H42FN2O9P. The van der Waals surface area contributed by atoms with Gasteiger partial charge in [0.2, 0.25) is 0 Å². The number of para-hydroxylation sites is 1. The van der Waals surface area contributed by atoms with Crippen LogP contribution in [-0.4, -0.2) is 62.9 Å². The number of hydrogen-bond acceptors (Lipinski definition) is 9. The van der Waals surface area contributed by atoms with Crippen LogP contribution in [0.5, 0.6) is 11.5 Å². The van der Waals surface area contributed by atoms with E-state index in [9.17, 15) is 28.8 Å². The molecule has 1 heterocycles. The van der Waals surface area contributed by atoms with E-state index in [1.54, 1.807) is 80.6 Å². The number of nitrogens with one attached hydrogen (secondary N) is 1. The Bertz CT molecular complexity index is 1920. The van der Waals surface area contributed by atoms with E-state index in [0.29, 0.717) is 39.1 Å². The molecule has 1 saturated carbocycles. The van der Waals surface area contributed by atoms with Crippen LogP contribution in [0, 0.1) is 5.82 Å². The third-order valence-electron chi connectivity index (χ3n) is 8.02. The first-order valence-corrected chi connectivity index (χ1v) is 18.6. The number of carbonyl (C=O) groups excluding carboxylic acids is 1. The molecule has 3 aromatic carbocycles. The summed E-state index contributed by atoms with van der Waals surface area (Å²) in [5, 5.41) is 33.2. The highest BCUT2D eigenvalue weighted by atomic mass is 31.2. The first kappa shape index (κ1) is 37.6. The number of aliphatic hydroxyl groups is 2. The molecule has 1 aliphatic rings. The van der Waals surface area contributed by atoms with Gasteiger partial charge in [-0.2, -0.15) is 0 Å². The van der Waals surface area contributed by atoms with Crippen LogP contribution < -0.4 is 14.3 Å². The predicted molar refractivity (Wildman–Crippen MR) is 191 cm³/mol. The van der Waals surface area contributed by atoms with Crippen molar-refractivity contribution in [3.63, 3.8) is 0 Å². The maximum atomic E-state index is 14.2. The number of benzene rings is 3. The van der Waals surface area contributed by atoms with Gasteiger partial charge in [0.05, 0.1) is 35.9 Å². The molecule has 1 unspecified atom stereocenters. The number of hydrogen-bond donors (Lipinski definition) is 4. The molecule has 0 radical (unpaired) electrons. The van der Waals surface area contributed by atoms with Crippen LogP contribution in [0.3, 0.4) is 0 Å². The standard InChI is InChI=1S/C38H42FN2O9P/c1-23(2)49-38(46)24(3)41-51(47,50-30-7-5-4-6-8-30)22-48-31-16-18-34-33(21-31)36(25-11-13-27(39)14-12-25)32(37(40-34)26-9-10-26)17-15-28(42)19-29(43)20-35(44)45/h4-8,11-18,21,23-24,26,28-29,42-43H,9-10,19-20,22H2,1-3H3,(H,41,47)(H,44,45)/t24-,28+,29+,51?/m0/s1. The van der Waals surface area contributed by atoms with Crippen LogP contribution in [0.25, 0.3) is 28.1 Å². The fourth-order valence-corrected chi connectivity index (χ4v) is 7.22. The highest BCUT2D eigenvalue weighted by molar-refractivity contribution is 7.57. The van der Waals surface area contributed by atoms with E-state index in [1.807, 2.05) is 0 Å². The molecule has 5 rings (SSSR count). The van der Waals surface area contributed by atoms with Gasteiger partial charge < -0.3 is 29.3 Å². The molecule has 4 aromatic rings. The molecule has 270 valence electrons. The zero-order valence-corrected chi connectivity index (χ0v) is 29.5. The van der Waals surface area contributed by atoms with Crippen molar-refractivity contribution >= 4 is 36.4 Å². The number of ether oxygens (including phenoxy) is 2. The van der Waals surface area contributed by atoms with Gasteiger partial charge in [0.1, 0.15) is 23.4 Å². The van der Waals surface area contributed by atoms with Crippen molar-refractivity contribution in [2.75, 3.05) is 6.35 Å². The molecule has 11 nitrogen and oxygen atoms in total. The highest BCUT2D eigenvalue weighted by Gasteiger charge is 2.33. The summed E-state index contributed by atoms with van der Waals surface area (Å²) in [5.41, 5.74) is 3.45. The second-order valence-corrected chi connectivity index (χ2v) is 14.9. The number of carbonyl (C=O) groups is 2. The molecule has 0 aliphatic heterocycles. The number of aliphatic hydroxyl groups excluding tert-OH is 2. The summed E-state index contributed by atoms with van der Waals surface area (Å²) in [6.07, 6.45) is 1.12. The topological polar surface area (TPSA) is 165 Å². The van der Waals surface area contributed by atoms with E-state index in [4.69, 9.17) is 24.1 Å². The van der Waals surface area contributed by atoms with E-state index in [2.05, 4.69) is 5.09 Å².